The molecule has 0 aromatic carbocycles. The van der Waals surface area contributed by atoms with Gasteiger partial charge in [-0.05, 0) is 30.9 Å². The van der Waals surface area contributed by atoms with Crippen molar-refractivity contribution in [2.24, 2.45) is 0 Å². The van der Waals surface area contributed by atoms with Crippen LogP contribution < -0.4 is 5.32 Å². The Morgan fingerprint density at radius 3 is 3.06 bits per heavy atom. The molecule has 0 spiro atoms. The van der Waals surface area contributed by atoms with Crippen LogP contribution in [0, 0.1) is 6.92 Å². The van der Waals surface area contributed by atoms with Crippen molar-refractivity contribution in [2.75, 3.05) is 26.2 Å². The molecule has 0 bridgehead atoms. The number of aryl methyl sites for hydroxylation is 1. The smallest absolute Gasteiger partial charge is 0.0680 e. The van der Waals surface area contributed by atoms with Crippen LogP contribution in [0.3, 0.4) is 0 Å². The zero-order valence-corrected chi connectivity index (χ0v) is 10.8. The second kappa shape index (κ2) is 5.27. The molecule has 2 unspecified atom stereocenters. The van der Waals surface area contributed by atoms with E-state index in [1.54, 1.807) is 11.3 Å². The Labute approximate surface area is 101 Å². The summed E-state index contributed by atoms with van der Waals surface area (Å²) in [5.74, 6) is 0. The van der Waals surface area contributed by atoms with Crippen LogP contribution in [0.2, 0.25) is 0 Å². The van der Waals surface area contributed by atoms with E-state index in [9.17, 15) is 5.11 Å². The molecule has 1 aromatic rings. The average Bonchev–Trinajstić information content (AvgIpc) is 2.69. The van der Waals surface area contributed by atoms with Gasteiger partial charge in [0.25, 0.3) is 0 Å². The second-order valence-corrected chi connectivity index (χ2v) is 5.40. The number of hydrogen-bond donors (Lipinski definition) is 2. The van der Waals surface area contributed by atoms with Gasteiger partial charge in [-0.15, -0.1) is 11.3 Å². The SMILES string of the molecule is Cc1ccsc1C(CO)N1CCNCC1C. The molecule has 90 valence electrons. The highest BCUT2D eigenvalue weighted by molar-refractivity contribution is 7.10. The first-order valence-electron chi connectivity index (χ1n) is 5.85. The molecule has 1 aliphatic heterocycles. The Morgan fingerprint density at radius 2 is 2.50 bits per heavy atom. The first-order valence-corrected chi connectivity index (χ1v) is 6.73. The van der Waals surface area contributed by atoms with E-state index >= 15 is 0 Å². The minimum Gasteiger partial charge on any atom is -0.394 e. The van der Waals surface area contributed by atoms with Gasteiger partial charge in [-0.1, -0.05) is 0 Å². The van der Waals surface area contributed by atoms with Crippen molar-refractivity contribution >= 4 is 11.3 Å². The standard InChI is InChI=1S/C12H20N2OS/c1-9-3-6-16-12(9)11(8-15)14-5-4-13-7-10(14)2/h3,6,10-11,13,15H,4-5,7-8H2,1-2H3. The average molecular weight is 240 g/mol. The molecule has 0 radical (unpaired) electrons. The van der Waals surface area contributed by atoms with Crippen LogP contribution in [0.25, 0.3) is 0 Å². The molecule has 2 heterocycles. The molecule has 1 aliphatic rings. The normalized spacial score (nSPS) is 24.6. The molecular weight excluding hydrogens is 220 g/mol. The predicted molar refractivity (Wildman–Crippen MR) is 67.9 cm³/mol. The van der Waals surface area contributed by atoms with Crippen molar-refractivity contribution in [3.63, 3.8) is 0 Å². The van der Waals surface area contributed by atoms with Gasteiger partial charge in [-0.3, -0.25) is 4.90 Å². The molecule has 16 heavy (non-hydrogen) atoms. The summed E-state index contributed by atoms with van der Waals surface area (Å²) in [4.78, 5) is 3.73. The van der Waals surface area contributed by atoms with Crippen LogP contribution in [0.4, 0.5) is 0 Å². The Kier molecular flexibility index (Phi) is 3.97. The number of aliphatic hydroxyl groups is 1. The second-order valence-electron chi connectivity index (χ2n) is 4.46. The summed E-state index contributed by atoms with van der Waals surface area (Å²) < 4.78 is 0. The first kappa shape index (κ1) is 12.0. The van der Waals surface area contributed by atoms with Crippen LogP contribution in [-0.2, 0) is 0 Å². The van der Waals surface area contributed by atoms with Crippen molar-refractivity contribution in [3.05, 3.63) is 21.9 Å². The lowest BCUT2D eigenvalue weighted by Crippen LogP contribution is -2.51. The lowest BCUT2D eigenvalue weighted by molar-refractivity contribution is 0.0739. The molecule has 2 atom stereocenters. The summed E-state index contributed by atoms with van der Waals surface area (Å²) in [6.45, 7) is 7.61. The van der Waals surface area contributed by atoms with Gasteiger partial charge in [0, 0.05) is 30.6 Å². The number of nitrogens with zero attached hydrogens (tertiary/aromatic N) is 1. The van der Waals surface area contributed by atoms with E-state index in [1.165, 1.54) is 10.4 Å². The maximum Gasteiger partial charge on any atom is 0.0680 e. The van der Waals surface area contributed by atoms with Gasteiger partial charge in [0.1, 0.15) is 0 Å². The van der Waals surface area contributed by atoms with Gasteiger partial charge in [0.05, 0.1) is 12.6 Å². The Balaban J connectivity index is 2.18. The van der Waals surface area contributed by atoms with E-state index in [2.05, 4.69) is 35.5 Å². The molecular formula is C12H20N2OS. The molecule has 0 saturated carbocycles. The minimum absolute atomic E-state index is 0.178. The summed E-state index contributed by atoms with van der Waals surface area (Å²) in [5, 5.41) is 15.1. The fraction of sp³-hybridized carbons (Fsp3) is 0.667. The number of nitrogens with one attached hydrogen (secondary N) is 1. The number of piperazine rings is 1. The highest BCUT2D eigenvalue weighted by Gasteiger charge is 2.28. The summed E-state index contributed by atoms with van der Waals surface area (Å²) in [6.07, 6.45) is 0. The van der Waals surface area contributed by atoms with Gasteiger partial charge in [0.2, 0.25) is 0 Å². The van der Waals surface area contributed by atoms with Crippen molar-refractivity contribution in [3.8, 4) is 0 Å². The lowest BCUT2D eigenvalue weighted by atomic mass is 10.1. The molecule has 4 heteroatoms. The summed E-state index contributed by atoms with van der Waals surface area (Å²) in [6, 6.07) is 2.81. The maximum atomic E-state index is 9.64. The van der Waals surface area contributed by atoms with E-state index in [-0.39, 0.29) is 12.6 Å². The highest BCUT2D eigenvalue weighted by atomic mass is 32.1. The molecule has 2 rings (SSSR count). The molecule has 1 saturated heterocycles. The van der Waals surface area contributed by atoms with E-state index in [0.717, 1.165) is 19.6 Å². The topological polar surface area (TPSA) is 35.5 Å². The van der Waals surface area contributed by atoms with E-state index < -0.39 is 0 Å². The van der Waals surface area contributed by atoms with Gasteiger partial charge >= 0.3 is 0 Å². The van der Waals surface area contributed by atoms with Crippen LogP contribution in [0.15, 0.2) is 11.4 Å². The van der Waals surface area contributed by atoms with Gasteiger partial charge in [0.15, 0.2) is 0 Å². The van der Waals surface area contributed by atoms with Gasteiger partial charge < -0.3 is 10.4 Å². The third-order valence-corrected chi connectivity index (χ3v) is 4.45. The molecule has 0 aliphatic carbocycles. The molecule has 1 fully saturated rings. The number of aliphatic hydroxyl groups excluding tert-OH is 1. The van der Waals surface area contributed by atoms with Crippen molar-refractivity contribution < 1.29 is 5.11 Å². The number of thiophene rings is 1. The molecule has 1 aromatic heterocycles. The third kappa shape index (κ3) is 2.30. The Hall–Kier alpha value is -0.420. The highest BCUT2D eigenvalue weighted by Crippen LogP contribution is 2.30. The van der Waals surface area contributed by atoms with Crippen molar-refractivity contribution in [1.82, 2.24) is 10.2 Å². The fourth-order valence-electron chi connectivity index (χ4n) is 2.38. The van der Waals surface area contributed by atoms with E-state index in [0.29, 0.717) is 6.04 Å². The maximum absolute atomic E-state index is 9.64. The fourth-order valence-corrected chi connectivity index (χ4v) is 3.42. The molecule has 0 amide bonds. The quantitative estimate of drug-likeness (QED) is 0.838. The number of rotatable bonds is 3. The van der Waals surface area contributed by atoms with Crippen LogP contribution >= 0.6 is 11.3 Å². The Morgan fingerprint density at radius 1 is 1.69 bits per heavy atom. The lowest BCUT2D eigenvalue weighted by Gasteiger charge is -2.39. The summed E-state index contributed by atoms with van der Waals surface area (Å²) in [5.41, 5.74) is 1.30. The van der Waals surface area contributed by atoms with Gasteiger partial charge in [-0.25, -0.2) is 0 Å². The zero-order chi connectivity index (χ0) is 11.5. The van der Waals surface area contributed by atoms with Crippen molar-refractivity contribution in [2.45, 2.75) is 25.9 Å². The summed E-state index contributed by atoms with van der Waals surface area (Å²) >= 11 is 1.76. The minimum atomic E-state index is 0.178. The zero-order valence-electron chi connectivity index (χ0n) is 9.94. The van der Waals surface area contributed by atoms with E-state index in [1.807, 2.05) is 0 Å². The largest absolute Gasteiger partial charge is 0.394 e. The predicted octanol–water partition coefficient (Wildman–Crippen LogP) is 1.38. The van der Waals surface area contributed by atoms with E-state index in [4.69, 9.17) is 0 Å². The van der Waals surface area contributed by atoms with Crippen LogP contribution in [-0.4, -0.2) is 42.3 Å². The first-order chi connectivity index (χ1) is 7.74. The van der Waals surface area contributed by atoms with Gasteiger partial charge in [-0.2, -0.15) is 0 Å². The van der Waals surface area contributed by atoms with Crippen LogP contribution in [0.5, 0.6) is 0 Å². The Bertz CT molecular complexity index is 340. The molecule has 3 nitrogen and oxygen atoms in total. The van der Waals surface area contributed by atoms with Crippen LogP contribution in [0.1, 0.15) is 23.4 Å². The van der Waals surface area contributed by atoms with Crippen molar-refractivity contribution in [1.29, 1.82) is 0 Å². The number of hydrogen-bond acceptors (Lipinski definition) is 4. The molecule has 2 N–H and O–H groups in total. The third-order valence-electron chi connectivity index (χ3n) is 3.33. The summed E-state index contributed by atoms with van der Waals surface area (Å²) in [7, 11) is 0. The monoisotopic (exact) mass is 240 g/mol.